The summed E-state index contributed by atoms with van der Waals surface area (Å²) < 4.78 is 6.62. The van der Waals surface area contributed by atoms with E-state index in [9.17, 15) is 0 Å². The molecule has 0 atom stereocenters. The van der Waals surface area contributed by atoms with Crippen molar-refractivity contribution in [2.75, 3.05) is 12.3 Å². The van der Waals surface area contributed by atoms with Crippen LogP contribution < -0.4 is 10.5 Å². The van der Waals surface area contributed by atoms with E-state index in [1.165, 1.54) is 0 Å². The minimum atomic E-state index is 0.596. The molecule has 18 heavy (non-hydrogen) atoms. The van der Waals surface area contributed by atoms with Gasteiger partial charge in [0.25, 0.3) is 0 Å². The van der Waals surface area contributed by atoms with Crippen molar-refractivity contribution in [3.05, 3.63) is 52.3 Å². The van der Waals surface area contributed by atoms with Gasteiger partial charge >= 0.3 is 0 Å². The van der Waals surface area contributed by atoms with Crippen molar-refractivity contribution in [3.8, 4) is 5.75 Å². The first-order chi connectivity index (χ1) is 8.66. The summed E-state index contributed by atoms with van der Waals surface area (Å²) in [7, 11) is 0. The highest BCUT2D eigenvalue weighted by molar-refractivity contribution is 9.10. The van der Waals surface area contributed by atoms with Crippen molar-refractivity contribution in [2.45, 2.75) is 13.3 Å². The monoisotopic (exact) mass is 306 g/mol. The Balaban J connectivity index is 1.97. The van der Waals surface area contributed by atoms with Crippen LogP contribution in [0.1, 0.15) is 11.3 Å². The Hall–Kier alpha value is -1.55. The van der Waals surface area contributed by atoms with Gasteiger partial charge in [0, 0.05) is 24.0 Å². The van der Waals surface area contributed by atoms with Crippen molar-refractivity contribution >= 4 is 21.6 Å². The van der Waals surface area contributed by atoms with Gasteiger partial charge in [-0.25, -0.2) is 0 Å². The molecule has 0 aliphatic heterocycles. The number of pyridine rings is 1. The maximum atomic E-state index is 5.81. The molecule has 0 saturated carbocycles. The number of nitrogen functional groups attached to an aromatic ring is 1. The van der Waals surface area contributed by atoms with E-state index >= 15 is 0 Å². The lowest BCUT2D eigenvalue weighted by atomic mass is 10.2. The molecule has 2 aromatic rings. The summed E-state index contributed by atoms with van der Waals surface area (Å²) in [6.07, 6.45) is 2.58. The predicted molar refractivity (Wildman–Crippen MR) is 76.7 cm³/mol. The Labute approximate surface area is 115 Å². The van der Waals surface area contributed by atoms with E-state index in [1.807, 2.05) is 37.3 Å². The lowest BCUT2D eigenvalue weighted by molar-refractivity contribution is 0.318. The van der Waals surface area contributed by atoms with Gasteiger partial charge in [-0.05, 0) is 52.7 Å². The van der Waals surface area contributed by atoms with Gasteiger partial charge in [0.15, 0.2) is 0 Å². The Bertz CT molecular complexity index is 529. The van der Waals surface area contributed by atoms with Gasteiger partial charge < -0.3 is 10.5 Å². The van der Waals surface area contributed by atoms with Crippen LogP contribution in [-0.2, 0) is 6.42 Å². The van der Waals surface area contributed by atoms with Gasteiger partial charge in [-0.1, -0.05) is 6.07 Å². The molecule has 3 nitrogen and oxygen atoms in total. The minimum Gasteiger partial charge on any atom is -0.492 e. The van der Waals surface area contributed by atoms with Gasteiger partial charge in [0.1, 0.15) is 5.75 Å². The first kappa shape index (κ1) is 12.9. The fourth-order valence-corrected chi connectivity index (χ4v) is 2.07. The van der Waals surface area contributed by atoms with Crippen LogP contribution in [0.4, 0.5) is 5.69 Å². The highest BCUT2D eigenvalue weighted by atomic mass is 79.9. The Morgan fingerprint density at radius 3 is 2.89 bits per heavy atom. The third-order valence-corrected chi connectivity index (χ3v) is 3.28. The molecule has 94 valence electrons. The molecule has 1 aromatic heterocycles. The number of ether oxygens (including phenoxy) is 1. The van der Waals surface area contributed by atoms with Crippen LogP contribution in [0.25, 0.3) is 0 Å². The summed E-state index contributed by atoms with van der Waals surface area (Å²) in [5.74, 6) is 0.817. The zero-order valence-electron chi connectivity index (χ0n) is 10.2. The van der Waals surface area contributed by atoms with Crippen LogP contribution in [0.2, 0.25) is 0 Å². The number of anilines is 1. The quantitative estimate of drug-likeness (QED) is 0.881. The molecule has 2 rings (SSSR count). The van der Waals surface area contributed by atoms with Gasteiger partial charge in [0.05, 0.1) is 11.1 Å². The highest BCUT2D eigenvalue weighted by Gasteiger charge is 2.05. The Morgan fingerprint density at radius 1 is 1.33 bits per heavy atom. The zero-order valence-corrected chi connectivity index (χ0v) is 11.8. The number of hydrogen-bond donors (Lipinski definition) is 1. The van der Waals surface area contributed by atoms with Gasteiger partial charge in [-0.3, -0.25) is 4.98 Å². The van der Waals surface area contributed by atoms with E-state index in [1.54, 1.807) is 6.20 Å². The maximum absolute atomic E-state index is 5.81. The second-order valence-corrected chi connectivity index (χ2v) is 4.91. The first-order valence-electron chi connectivity index (χ1n) is 5.75. The number of nitrogens with two attached hydrogens (primary N) is 1. The average Bonchev–Trinajstić information content (AvgIpc) is 2.37. The van der Waals surface area contributed by atoms with Gasteiger partial charge in [0.2, 0.25) is 0 Å². The van der Waals surface area contributed by atoms with Crippen molar-refractivity contribution in [1.29, 1.82) is 0 Å². The minimum absolute atomic E-state index is 0.596. The topological polar surface area (TPSA) is 48.1 Å². The summed E-state index contributed by atoms with van der Waals surface area (Å²) in [4.78, 5) is 4.25. The number of aromatic nitrogens is 1. The number of rotatable bonds is 4. The molecule has 0 amide bonds. The number of halogens is 1. The largest absolute Gasteiger partial charge is 0.492 e. The van der Waals surface area contributed by atoms with Crippen molar-refractivity contribution in [1.82, 2.24) is 4.98 Å². The molecule has 0 fully saturated rings. The Kier molecular flexibility index (Phi) is 4.20. The van der Waals surface area contributed by atoms with Crippen LogP contribution in [0.15, 0.2) is 41.0 Å². The molecule has 4 heteroatoms. The average molecular weight is 307 g/mol. The molecule has 0 aliphatic carbocycles. The summed E-state index contributed by atoms with van der Waals surface area (Å²) in [6.45, 7) is 2.56. The molecule has 0 saturated heterocycles. The number of nitrogens with zero attached hydrogens (tertiary/aromatic N) is 1. The van der Waals surface area contributed by atoms with Crippen LogP contribution in [-0.4, -0.2) is 11.6 Å². The van der Waals surface area contributed by atoms with E-state index in [0.717, 1.165) is 33.6 Å². The molecule has 0 radical (unpaired) electrons. The second kappa shape index (κ2) is 5.87. The van der Waals surface area contributed by atoms with Crippen LogP contribution >= 0.6 is 15.9 Å². The molecule has 0 bridgehead atoms. The van der Waals surface area contributed by atoms with E-state index in [4.69, 9.17) is 10.5 Å². The lowest BCUT2D eigenvalue weighted by Crippen LogP contribution is -2.03. The molecular formula is C14H15BrN2O. The summed E-state index contributed by atoms with van der Waals surface area (Å²) >= 11 is 3.45. The summed E-state index contributed by atoms with van der Waals surface area (Å²) in [5, 5.41) is 0. The first-order valence-corrected chi connectivity index (χ1v) is 6.54. The van der Waals surface area contributed by atoms with E-state index < -0.39 is 0 Å². The van der Waals surface area contributed by atoms with Crippen molar-refractivity contribution in [2.24, 2.45) is 0 Å². The third kappa shape index (κ3) is 3.23. The summed E-state index contributed by atoms with van der Waals surface area (Å²) in [5.41, 5.74) is 8.62. The third-order valence-electron chi connectivity index (χ3n) is 2.66. The lowest BCUT2D eigenvalue weighted by Gasteiger charge is -2.10. The van der Waals surface area contributed by atoms with Crippen LogP contribution in [0, 0.1) is 6.92 Å². The molecule has 1 heterocycles. The van der Waals surface area contributed by atoms with Gasteiger partial charge in [-0.2, -0.15) is 0 Å². The summed E-state index contributed by atoms with van der Waals surface area (Å²) in [6, 6.07) is 9.69. The molecule has 0 spiro atoms. The van der Waals surface area contributed by atoms with Crippen LogP contribution in [0.5, 0.6) is 5.75 Å². The molecule has 2 N–H and O–H groups in total. The Morgan fingerprint density at radius 2 is 2.17 bits per heavy atom. The molecule has 0 unspecified atom stereocenters. The maximum Gasteiger partial charge on any atom is 0.133 e. The normalized spacial score (nSPS) is 10.3. The van der Waals surface area contributed by atoms with E-state index in [-0.39, 0.29) is 0 Å². The SMILES string of the molecule is Cc1cc(OCCc2ccccn2)c(Br)cc1N. The predicted octanol–water partition coefficient (Wildman–Crippen LogP) is 3.36. The fraction of sp³-hybridized carbons (Fsp3) is 0.214. The van der Waals surface area contributed by atoms with Gasteiger partial charge in [-0.15, -0.1) is 0 Å². The number of benzene rings is 1. The molecule has 1 aromatic carbocycles. The van der Waals surface area contributed by atoms with Crippen molar-refractivity contribution < 1.29 is 4.74 Å². The standard InChI is InChI=1S/C14H15BrN2O/c1-10-8-14(12(15)9-13(10)16)18-7-5-11-4-2-3-6-17-11/h2-4,6,8-9H,5,7,16H2,1H3. The van der Waals surface area contributed by atoms with E-state index in [2.05, 4.69) is 20.9 Å². The molecular weight excluding hydrogens is 292 g/mol. The zero-order chi connectivity index (χ0) is 13.0. The smallest absolute Gasteiger partial charge is 0.133 e. The van der Waals surface area contributed by atoms with Crippen LogP contribution in [0.3, 0.4) is 0 Å². The van der Waals surface area contributed by atoms with Crippen molar-refractivity contribution in [3.63, 3.8) is 0 Å². The molecule has 0 aliphatic rings. The number of hydrogen-bond acceptors (Lipinski definition) is 3. The second-order valence-electron chi connectivity index (χ2n) is 4.06. The van der Waals surface area contributed by atoms with E-state index in [0.29, 0.717) is 6.61 Å². The fourth-order valence-electron chi connectivity index (χ4n) is 1.59. The highest BCUT2D eigenvalue weighted by Crippen LogP contribution is 2.29. The number of aryl methyl sites for hydroxylation is 1.